The summed E-state index contributed by atoms with van der Waals surface area (Å²) in [6.45, 7) is 3.94. The minimum atomic E-state index is -0.793. The quantitative estimate of drug-likeness (QED) is 0.644. The smallest absolute Gasteiger partial charge is 0.274 e. The second-order valence-corrected chi connectivity index (χ2v) is 8.72. The Balaban J connectivity index is 1.72. The maximum absolute atomic E-state index is 13.9. The van der Waals surface area contributed by atoms with Gasteiger partial charge in [0, 0.05) is 31.4 Å². The van der Waals surface area contributed by atoms with E-state index in [-0.39, 0.29) is 53.2 Å². The number of nitrogens with zero attached hydrogens (tertiary/aromatic N) is 2. The number of nitrogens with one attached hydrogen (secondary N) is 1. The lowest BCUT2D eigenvalue weighted by Gasteiger charge is -2.41. The highest BCUT2D eigenvalue weighted by molar-refractivity contribution is 5.99. The molecule has 1 saturated carbocycles. The molecule has 1 atom stereocenters. The van der Waals surface area contributed by atoms with E-state index in [1.165, 1.54) is 12.3 Å². The lowest BCUT2D eigenvalue weighted by molar-refractivity contribution is 0.0547. The fourth-order valence-corrected chi connectivity index (χ4v) is 4.45. The number of carbonyl (C=O) groups is 2. The van der Waals surface area contributed by atoms with Gasteiger partial charge in [0.05, 0.1) is 18.2 Å². The second-order valence-electron chi connectivity index (χ2n) is 8.72. The number of likely N-dealkylation sites (N-methyl/N-ethyl adjacent to an activating group) is 1. The van der Waals surface area contributed by atoms with E-state index in [2.05, 4.69) is 5.32 Å². The maximum Gasteiger partial charge on any atom is 0.274 e. The molecule has 2 aliphatic rings. The van der Waals surface area contributed by atoms with Gasteiger partial charge in [0.25, 0.3) is 11.8 Å². The summed E-state index contributed by atoms with van der Waals surface area (Å²) in [4.78, 5) is 41.1. The summed E-state index contributed by atoms with van der Waals surface area (Å²) in [5.74, 6) is -2.68. The Kier molecular flexibility index (Phi) is 5.99. The van der Waals surface area contributed by atoms with Crippen molar-refractivity contribution < 1.29 is 23.1 Å². The summed E-state index contributed by atoms with van der Waals surface area (Å²) in [7, 11) is 1.73. The number of unbranched alkanes of at least 4 members (excludes halogenated alkanes) is 1. The van der Waals surface area contributed by atoms with Crippen LogP contribution in [-0.4, -0.2) is 40.5 Å². The first-order chi connectivity index (χ1) is 15.7. The molecule has 2 heterocycles. The largest absolute Gasteiger partial charge is 0.487 e. The van der Waals surface area contributed by atoms with Gasteiger partial charge in [-0.05, 0) is 32.3 Å². The van der Waals surface area contributed by atoms with Crippen molar-refractivity contribution in [2.24, 2.45) is 0 Å². The van der Waals surface area contributed by atoms with Gasteiger partial charge in [-0.25, -0.2) is 8.78 Å². The van der Waals surface area contributed by atoms with Crippen LogP contribution in [0.5, 0.6) is 5.75 Å². The summed E-state index contributed by atoms with van der Waals surface area (Å²) in [5.41, 5.74) is -0.984. The van der Waals surface area contributed by atoms with Crippen LogP contribution in [0.25, 0.3) is 0 Å². The van der Waals surface area contributed by atoms with E-state index in [9.17, 15) is 23.2 Å². The molecule has 176 valence electrons. The number of rotatable bonds is 7. The number of hydrogen-bond donors (Lipinski definition) is 1. The van der Waals surface area contributed by atoms with E-state index in [0.29, 0.717) is 6.42 Å². The SMILES string of the molecule is CCCCOc1c2n(cc(C(=O)NCc3ccc(F)cc3F)c1=O)[C@@H](C)C1(CC1)N(C)C2=O. The van der Waals surface area contributed by atoms with Crippen LogP contribution in [0.2, 0.25) is 0 Å². The maximum atomic E-state index is 13.9. The third kappa shape index (κ3) is 3.89. The number of halogens is 2. The molecule has 0 bridgehead atoms. The van der Waals surface area contributed by atoms with E-state index in [1.807, 2.05) is 13.8 Å². The monoisotopic (exact) mass is 459 g/mol. The summed E-state index contributed by atoms with van der Waals surface area (Å²) >= 11 is 0. The van der Waals surface area contributed by atoms with Gasteiger partial charge >= 0.3 is 0 Å². The van der Waals surface area contributed by atoms with Crippen LogP contribution in [0.15, 0.2) is 29.2 Å². The van der Waals surface area contributed by atoms with E-state index in [0.717, 1.165) is 31.4 Å². The van der Waals surface area contributed by atoms with E-state index < -0.39 is 23.0 Å². The average Bonchev–Trinajstić information content (AvgIpc) is 3.58. The molecule has 1 N–H and O–H groups in total. The lowest BCUT2D eigenvalue weighted by atomic mass is 9.99. The van der Waals surface area contributed by atoms with Gasteiger partial charge in [-0.2, -0.15) is 0 Å². The molecule has 1 aromatic carbocycles. The Labute approximate surface area is 190 Å². The number of carbonyl (C=O) groups excluding carboxylic acids is 2. The first-order valence-electron chi connectivity index (χ1n) is 11.1. The zero-order valence-electron chi connectivity index (χ0n) is 18.9. The number of benzene rings is 1. The Morgan fingerprint density at radius 2 is 2.00 bits per heavy atom. The first kappa shape index (κ1) is 22.9. The predicted molar refractivity (Wildman–Crippen MR) is 117 cm³/mol. The Bertz CT molecular complexity index is 1170. The fraction of sp³-hybridized carbons (Fsp3) is 0.458. The van der Waals surface area contributed by atoms with Crippen LogP contribution in [0.3, 0.4) is 0 Å². The zero-order chi connectivity index (χ0) is 23.9. The Morgan fingerprint density at radius 3 is 2.64 bits per heavy atom. The molecule has 1 aromatic heterocycles. The van der Waals surface area contributed by atoms with Crippen molar-refractivity contribution in [1.82, 2.24) is 14.8 Å². The molecule has 2 aromatic rings. The highest BCUT2D eigenvalue weighted by Crippen LogP contribution is 2.53. The molecule has 4 rings (SSSR count). The number of ether oxygens (including phenoxy) is 1. The molecule has 1 fully saturated rings. The van der Waals surface area contributed by atoms with Gasteiger partial charge in [-0.3, -0.25) is 14.4 Å². The van der Waals surface area contributed by atoms with E-state index in [4.69, 9.17) is 4.74 Å². The minimum Gasteiger partial charge on any atom is -0.487 e. The van der Waals surface area contributed by atoms with E-state index >= 15 is 0 Å². The number of pyridine rings is 1. The molecular weight excluding hydrogens is 432 g/mol. The normalized spacial score (nSPS) is 18.3. The minimum absolute atomic E-state index is 0.0873. The van der Waals surface area contributed by atoms with Crippen LogP contribution in [0.1, 0.15) is 72.0 Å². The van der Waals surface area contributed by atoms with Gasteiger partial charge in [0.15, 0.2) is 11.4 Å². The van der Waals surface area contributed by atoms with Gasteiger partial charge in [0.1, 0.15) is 17.2 Å². The summed E-state index contributed by atoms with van der Waals surface area (Å²) in [5, 5.41) is 2.52. The number of amides is 2. The van der Waals surface area contributed by atoms with Crippen LogP contribution >= 0.6 is 0 Å². The number of aromatic nitrogens is 1. The van der Waals surface area contributed by atoms with Crippen molar-refractivity contribution in [3.8, 4) is 5.75 Å². The molecule has 2 amide bonds. The van der Waals surface area contributed by atoms with Crippen LogP contribution in [0, 0.1) is 11.6 Å². The number of hydrogen-bond acceptors (Lipinski definition) is 4. The van der Waals surface area contributed by atoms with Crippen molar-refractivity contribution in [1.29, 1.82) is 0 Å². The highest BCUT2D eigenvalue weighted by atomic mass is 19.1. The molecule has 33 heavy (non-hydrogen) atoms. The van der Waals surface area contributed by atoms with Crippen LogP contribution in [0.4, 0.5) is 8.78 Å². The third-order valence-electron chi connectivity index (χ3n) is 6.77. The molecule has 9 heteroatoms. The predicted octanol–water partition coefficient (Wildman–Crippen LogP) is 3.41. The first-order valence-corrected chi connectivity index (χ1v) is 11.1. The van der Waals surface area contributed by atoms with Crippen molar-refractivity contribution >= 4 is 11.8 Å². The van der Waals surface area contributed by atoms with Crippen LogP contribution < -0.4 is 15.5 Å². The van der Waals surface area contributed by atoms with Gasteiger partial charge in [-0.15, -0.1) is 0 Å². The van der Waals surface area contributed by atoms with Crippen LogP contribution in [-0.2, 0) is 6.54 Å². The molecule has 1 aliphatic heterocycles. The average molecular weight is 459 g/mol. The molecule has 0 saturated heterocycles. The fourth-order valence-electron chi connectivity index (χ4n) is 4.45. The highest BCUT2D eigenvalue weighted by Gasteiger charge is 2.57. The molecule has 0 radical (unpaired) electrons. The van der Waals surface area contributed by atoms with Crippen molar-refractivity contribution in [2.75, 3.05) is 13.7 Å². The molecule has 1 spiro atoms. The van der Waals surface area contributed by atoms with Gasteiger partial charge < -0.3 is 19.5 Å². The van der Waals surface area contributed by atoms with Gasteiger partial charge in [-0.1, -0.05) is 19.4 Å². The lowest BCUT2D eigenvalue weighted by Crippen LogP contribution is -2.51. The second kappa shape index (κ2) is 8.61. The summed E-state index contributed by atoms with van der Waals surface area (Å²) < 4.78 is 34.5. The third-order valence-corrected chi connectivity index (χ3v) is 6.77. The van der Waals surface area contributed by atoms with Crippen molar-refractivity contribution in [3.63, 3.8) is 0 Å². The Hall–Kier alpha value is -3.23. The van der Waals surface area contributed by atoms with Crippen molar-refractivity contribution in [2.45, 2.75) is 57.7 Å². The molecule has 7 nitrogen and oxygen atoms in total. The number of fused-ring (bicyclic) bond motifs is 1. The molecular formula is C24H27F2N3O4. The summed E-state index contributed by atoms with van der Waals surface area (Å²) in [6, 6.07) is 2.90. The molecule has 1 aliphatic carbocycles. The Morgan fingerprint density at radius 1 is 1.27 bits per heavy atom. The summed E-state index contributed by atoms with van der Waals surface area (Å²) in [6.07, 6.45) is 4.58. The molecule has 0 unspecified atom stereocenters. The van der Waals surface area contributed by atoms with Crippen molar-refractivity contribution in [3.05, 3.63) is 63.1 Å². The standard InChI is InChI=1S/C24H27F2N3O4/c1-4-5-10-33-21-19-23(32)28(3)24(8-9-24)14(2)29(19)13-17(20(21)30)22(31)27-12-15-6-7-16(25)11-18(15)26/h6-7,11,13-14H,4-5,8-10,12H2,1-3H3,(H,27,31)/t14-/m0/s1. The van der Waals surface area contributed by atoms with E-state index in [1.54, 1.807) is 16.5 Å². The van der Waals surface area contributed by atoms with Gasteiger partial charge in [0.2, 0.25) is 5.43 Å². The topological polar surface area (TPSA) is 80.6 Å². The zero-order valence-corrected chi connectivity index (χ0v) is 18.9.